The van der Waals surface area contributed by atoms with Gasteiger partial charge in [-0.15, -0.1) is 10.2 Å². The molecule has 4 aromatic rings. The summed E-state index contributed by atoms with van der Waals surface area (Å²) in [5.74, 6) is 1.81. The number of urea groups is 1. The highest BCUT2D eigenvalue weighted by molar-refractivity contribution is 5.97. The fourth-order valence-electron chi connectivity index (χ4n) is 6.03. The second kappa shape index (κ2) is 14.0. The van der Waals surface area contributed by atoms with Gasteiger partial charge in [-0.3, -0.25) is 9.72 Å². The highest BCUT2D eigenvalue weighted by atomic mass is 16.5. The van der Waals surface area contributed by atoms with Crippen LogP contribution in [0, 0.1) is 10.8 Å². The van der Waals surface area contributed by atoms with Crippen molar-refractivity contribution in [2.45, 2.75) is 71.3 Å². The van der Waals surface area contributed by atoms with E-state index < -0.39 is 11.4 Å². The third-order valence-corrected chi connectivity index (χ3v) is 8.88. The molecular weight excluding hydrogens is 608 g/mol. The first kappa shape index (κ1) is 33.0. The molecule has 0 unspecified atom stereocenters. The van der Waals surface area contributed by atoms with Crippen molar-refractivity contribution < 1.29 is 19.7 Å². The second-order valence-electron chi connectivity index (χ2n) is 13.5. The van der Waals surface area contributed by atoms with Crippen molar-refractivity contribution in [2.75, 3.05) is 23.3 Å². The standard InChI is InChI=1S/C36H44N8O4/c1-36(2,3)31(37)20-32(38-24-10-8-23(22-45)9-11-24)40-34(47)39-29-13-14-30(28-7-5-4-6-27(28)29)48-26-12-15-33-41-42-35(44(33)21-26)43-18-16-25(46)17-19-43/h4-12,15,20-21,25,29-30,37-38,45-46H,13-14,16-19,22H2,1-3H3,(H2,39,40,47)/b32-20+,37-31?/t29-,30+/m0/s1. The zero-order valence-corrected chi connectivity index (χ0v) is 27.6. The molecule has 1 fully saturated rings. The molecule has 2 aromatic carbocycles. The van der Waals surface area contributed by atoms with Gasteiger partial charge in [0.1, 0.15) is 17.7 Å². The van der Waals surface area contributed by atoms with Crippen LogP contribution in [-0.2, 0) is 6.61 Å². The van der Waals surface area contributed by atoms with Crippen LogP contribution in [0.1, 0.15) is 75.3 Å². The number of piperidine rings is 1. The number of aromatic nitrogens is 3. The molecule has 3 heterocycles. The van der Waals surface area contributed by atoms with Gasteiger partial charge in [0.05, 0.1) is 24.9 Å². The normalized spacial score (nSPS) is 18.7. The molecule has 0 radical (unpaired) electrons. The molecule has 6 N–H and O–H groups in total. The van der Waals surface area contributed by atoms with Gasteiger partial charge in [0.25, 0.3) is 0 Å². The predicted octanol–water partition coefficient (Wildman–Crippen LogP) is 5.46. The van der Waals surface area contributed by atoms with Gasteiger partial charge in [-0.2, -0.15) is 0 Å². The summed E-state index contributed by atoms with van der Waals surface area (Å²) in [6, 6.07) is 18.4. The lowest BCUT2D eigenvalue weighted by Gasteiger charge is -2.32. The van der Waals surface area contributed by atoms with Gasteiger partial charge in [0.2, 0.25) is 5.95 Å². The van der Waals surface area contributed by atoms with Gasteiger partial charge in [0.15, 0.2) is 5.65 Å². The summed E-state index contributed by atoms with van der Waals surface area (Å²) < 4.78 is 8.51. The Morgan fingerprint density at radius 3 is 2.44 bits per heavy atom. The van der Waals surface area contributed by atoms with E-state index in [4.69, 9.17) is 10.1 Å². The molecule has 2 aromatic heterocycles. The summed E-state index contributed by atoms with van der Waals surface area (Å²) >= 11 is 0. The molecule has 2 amide bonds. The Hall–Kier alpha value is -4.94. The minimum Gasteiger partial charge on any atom is -0.484 e. The van der Waals surface area contributed by atoms with Crippen molar-refractivity contribution in [3.63, 3.8) is 0 Å². The first-order valence-corrected chi connectivity index (χ1v) is 16.5. The topological polar surface area (TPSA) is 160 Å². The minimum absolute atomic E-state index is 0.0590. The van der Waals surface area contributed by atoms with E-state index >= 15 is 0 Å². The fraction of sp³-hybridized carbons (Fsp3) is 0.389. The Morgan fingerprint density at radius 1 is 1.00 bits per heavy atom. The summed E-state index contributed by atoms with van der Waals surface area (Å²) in [6.45, 7) is 7.21. The number of aliphatic hydroxyl groups is 2. The number of nitrogens with zero attached hydrogens (tertiary/aromatic N) is 4. The molecule has 0 saturated carbocycles. The van der Waals surface area contributed by atoms with Gasteiger partial charge in [0, 0.05) is 36.0 Å². The number of fused-ring (bicyclic) bond motifs is 2. The van der Waals surface area contributed by atoms with E-state index in [1.54, 1.807) is 18.2 Å². The molecular formula is C36H44N8O4. The van der Waals surface area contributed by atoms with E-state index in [9.17, 15) is 15.0 Å². The number of pyridine rings is 1. The van der Waals surface area contributed by atoms with Crippen LogP contribution in [0.15, 0.2) is 78.8 Å². The number of amides is 2. The maximum atomic E-state index is 13.4. The van der Waals surface area contributed by atoms with Gasteiger partial charge in [-0.05, 0) is 66.6 Å². The first-order chi connectivity index (χ1) is 23.1. The van der Waals surface area contributed by atoms with Crippen LogP contribution < -0.4 is 25.6 Å². The maximum absolute atomic E-state index is 13.4. The summed E-state index contributed by atoms with van der Waals surface area (Å²) in [6.07, 6.45) is 5.81. The van der Waals surface area contributed by atoms with E-state index in [-0.39, 0.29) is 24.9 Å². The summed E-state index contributed by atoms with van der Waals surface area (Å²) in [5, 5.41) is 45.9. The Bertz CT molecular complexity index is 1790. The first-order valence-electron chi connectivity index (χ1n) is 16.5. The fourth-order valence-corrected chi connectivity index (χ4v) is 6.03. The minimum atomic E-state index is -0.416. The molecule has 0 bridgehead atoms. The largest absolute Gasteiger partial charge is 0.484 e. The Labute approximate surface area is 280 Å². The highest BCUT2D eigenvalue weighted by Crippen LogP contribution is 2.39. The number of ether oxygens (including phenoxy) is 1. The smallest absolute Gasteiger partial charge is 0.320 e. The van der Waals surface area contributed by atoms with Crippen LogP contribution in [0.4, 0.5) is 16.4 Å². The third kappa shape index (κ3) is 7.61. The molecule has 12 heteroatoms. The average Bonchev–Trinajstić information content (AvgIpc) is 3.49. The van der Waals surface area contributed by atoms with Crippen LogP contribution in [-0.4, -0.2) is 55.7 Å². The number of hydrogen-bond donors (Lipinski definition) is 6. The van der Waals surface area contributed by atoms with Crippen LogP contribution in [0.25, 0.3) is 5.65 Å². The van der Waals surface area contributed by atoms with Crippen molar-refractivity contribution in [3.8, 4) is 5.75 Å². The number of benzene rings is 2. The Balaban J connectivity index is 1.16. The third-order valence-electron chi connectivity index (χ3n) is 8.88. The summed E-state index contributed by atoms with van der Waals surface area (Å²) in [7, 11) is 0. The van der Waals surface area contributed by atoms with Crippen molar-refractivity contribution in [1.82, 2.24) is 25.2 Å². The highest BCUT2D eigenvalue weighted by Gasteiger charge is 2.30. The molecule has 1 saturated heterocycles. The molecule has 2 atom stereocenters. The van der Waals surface area contributed by atoms with Crippen molar-refractivity contribution >= 4 is 29.0 Å². The summed E-state index contributed by atoms with van der Waals surface area (Å²) in [5.41, 5.74) is 4.16. The molecule has 252 valence electrons. The average molecular weight is 653 g/mol. The zero-order valence-electron chi connectivity index (χ0n) is 27.6. The van der Waals surface area contributed by atoms with E-state index in [0.717, 1.165) is 47.1 Å². The molecule has 0 spiro atoms. The number of aliphatic hydroxyl groups excluding tert-OH is 2. The van der Waals surface area contributed by atoms with E-state index in [1.807, 2.05) is 79.9 Å². The zero-order chi connectivity index (χ0) is 33.8. The van der Waals surface area contributed by atoms with Crippen molar-refractivity contribution in [3.05, 3.63) is 95.4 Å². The van der Waals surface area contributed by atoms with Crippen molar-refractivity contribution in [1.29, 1.82) is 5.41 Å². The summed E-state index contributed by atoms with van der Waals surface area (Å²) in [4.78, 5) is 15.6. The number of hydrogen-bond acceptors (Lipinski definition) is 9. The number of rotatable bonds is 9. The molecule has 2 aliphatic rings. The SMILES string of the molecule is CC(C)(C)C(=N)/C=C(/NC(=O)N[C@H]1CC[C@@H](Oc2ccc3nnc(N4CCC(O)CC4)n3c2)c2ccccc21)Nc1ccc(CO)cc1. The van der Waals surface area contributed by atoms with Crippen LogP contribution in [0.2, 0.25) is 0 Å². The quantitative estimate of drug-likeness (QED) is 0.130. The lowest BCUT2D eigenvalue weighted by Crippen LogP contribution is -2.41. The van der Waals surface area contributed by atoms with Crippen LogP contribution in [0.5, 0.6) is 5.75 Å². The molecule has 48 heavy (non-hydrogen) atoms. The molecule has 6 rings (SSSR count). The van der Waals surface area contributed by atoms with E-state index in [1.165, 1.54) is 0 Å². The van der Waals surface area contributed by atoms with Gasteiger partial charge >= 0.3 is 6.03 Å². The monoisotopic (exact) mass is 652 g/mol. The number of anilines is 2. The predicted molar refractivity (Wildman–Crippen MR) is 185 cm³/mol. The Morgan fingerprint density at radius 2 is 1.73 bits per heavy atom. The lowest BCUT2D eigenvalue weighted by atomic mass is 9.85. The Kier molecular flexibility index (Phi) is 9.65. The number of carbonyl (C=O) groups excluding carboxylic acids is 1. The van der Waals surface area contributed by atoms with Crippen LogP contribution in [0.3, 0.4) is 0 Å². The number of nitrogens with one attached hydrogen (secondary N) is 4. The van der Waals surface area contributed by atoms with Gasteiger partial charge in [-0.1, -0.05) is 57.2 Å². The molecule has 12 nitrogen and oxygen atoms in total. The second-order valence-corrected chi connectivity index (χ2v) is 13.5. The molecule has 1 aliphatic heterocycles. The maximum Gasteiger partial charge on any atom is 0.320 e. The van der Waals surface area contributed by atoms with Gasteiger partial charge in [-0.25, -0.2) is 4.79 Å². The molecule has 1 aliphatic carbocycles. The van der Waals surface area contributed by atoms with E-state index in [0.29, 0.717) is 43.0 Å². The van der Waals surface area contributed by atoms with Crippen molar-refractivity contribution in [2.24, 2.45) is 5.41 Å². The number of allylic oxidation sites excluding steroid dienone is 1. The number of carbonyl (C=O) groups is 1. The lowest BCUT2D eigenvalue weighted by molar-refractivity contribution is 0.145. The van der Waals surface area contributed by atoms with Crippen LogP contribution >= 0.6 is 0 Å². The van der Waals surface area contributed by atoms with Gasteiger partial charge < -0.3 is 35.9 Å². The van der Waals surface area contributed by atoms with E-state index in [2.05, 4.69) is 31.0 Å².